The van der Waals surface area contributed by atoms with Gasteiger partial charge >= 0.3 is 0 Å². The predicted molar refractivity (Wildman–Crippen MR) is 115 cm³/mol. The van der Waals surface area contributed by atoms with Gasteiger partial charge in [0.2, 0.25) is 24.1 Å². The van der Waals surface area contributed by atoms with E-state index in [4.69, 9.17) is 4.74 Å². The van der Waals surface area contributed by atoms with Gasteiger partial charge in [-0.05, 0) is 47.0 Å². The average molecular weight is 429 g/mol. The first-order valence-corrected chi connectivity index (χ1v) is 10.5. The molecule has 1 atom stereocenters. The Morgan fingerprint density at radius 2 is 1.70 bits per heavy atom. The highest BCUT2D eigenvalue weighted by atomic mass is 16.5. The summed E-state index contributed by atoms with van der Waals surface area (Å²) in [5, 5.41) is 2.93. The van der Waals surface area contributed by atoms with Gasteiger partial charge in [-0.3, -0.25) is 29.5 Å². The summed E-state index contributed by atoms with van der Waals surface area (Å²) in [4.78, 5) is 48.1. The highest BCUT2D eigenvalue weighted by Gasteiger charge is 2.25. The number of nitrogens with one attached hydrogen (secondary N) is 3. The molecule has 0 spiro atoms. The molecule has 0 aliphatic carbocycles. The molecule has 0 heterocycles. The molecule has 3 N–H and O–H groups in total. The fraction of sp³-hybridized carbons (Fsp3) is 0.810. The number of amides is 4. The molecular formula is C21H40N4O5. The average Bonchev–Trinajstić information content (AvgIpc) is 2.65. The molecule has 4 amide bonds. The van der Waals surface area contributed by atoms with Gasteiger partial charge in [-0.1, -0.05) is 13.8 Å². The second-order valence-corrected chi connectivity index (χ2v) is 8.78. The molecule has 0 aromatic rings. The van der Waals surface area contributed by atoms with Crippen molar-refractivity contribution in [1.29, 1.82) is 0 Å². The molecule has 0 aromatic carbocycles. The van der Waals surface area contributed by atoms with Crippen LogP contribution in [0.5, 0.6) is 0 Å². The Morgan fingerprint density at radius 3 is 2.23 bits per heavy atom. The van der Waals surface area contributed by atoms with Crippen LogP contribution in [0.1, 0.15) is 73.6 Å². The first kappa shape index (κ1) is 28.0. The minimum Gasteiger partial charge on any atom is -0.375 e. The molecule has 0 rings (SSSR count). The number of nitrogens with zero attached hydrogens (tertiary/aromatic N) is 1. The zero-order chi connectivity index (χ0) is 23.4. The van der Waals surface area contributed by atoms with Gasteiger partial charge in [0.1, 0.15) is 0 Å². The number of hydrazine groups is 1. The summed E-state index contributed by atoms with van der Waals surface area (Å²) in [5.41, 5.74) is 4.14. The highest BCUT2D eigenvalue weighted by molar-refractivity contribution is 5.88. The third-order valence-corrected chi connectivity index (χ3v) is 4.94. The summed E-state index contributed by atoms with van der Waals surface area (Å²) in [6.45, 7) is 11.7. The largest absolute Gasteiger partial charge is 0.375 e. The fourth-order valence-electron chi connectivity index (χ4n) is 2.67. The lowest BCUT2D eigenvalue weighted by atomic mass is 9.99. The van der Waals surface area contributed by atoms with E-state index in [0.29, 0.717) is 38.7 Å². The molecule has 0 saturated carbocycles. The third kappa shape index (κ3) is 11.9. The molecule has 0 aromatic heterocycles. The number of rotatable bonds is 15. The van der Waals surface area contributed by atoms with Crippen molar-refractivity contribution in [2.24, 2.45) is 5.92 Å². The van der Waals surface area contributed by atoms with Crippen molar-refractivity contribution in [2.75, 3.05) is 20.2 Å². The van der Waals surface area contributed by atoms with E-state index in [1.54, 1.807) is 14.0 Å². The number of imide groups is 1. The molecule has 0 radical (unpaired) electrons. The lowest BCUT2D eigenvalue weighted by Gasteiger charge is -2.30. The van der Waals surface area contributed by atoms with Gasteiger partial charge in [0.05, 0.1) is 5.60 Å². The maximum Gasteiger partial charge on any atom is 0.234 e. The summed E-state index contributed by atoms with van der Waals surface area (Å²) in [6, 6.07) is 0. The van der Waals surface area contributed by atoms with Crippen molar-refractivity contribution >= 4 is 24.1 Å². The van der Waals surface area contributed by atoms with Gasteiger partial charge in [-0.2, -0.15) is 0 Å². The Labute approximate surface area is 180 Å². The van der Waals surface area contributed by atoms with Crippen LogP contribution in [0, 0.1) is 5.92 Å². The summed E-state index contributed by atoms with van der Waals surface area (Å²) >= 11 is 0. The summed E-state index contributed by atoms with van der Waals surface area (Å²) in [7, 11) is 1.63. The molecule has 0 bridgehead atoms. The maximum atomic E-state index is 12.3. The van der Waals surface area contributed by atoms with Crippen molar-refractivity contribution < 1.29 is 23.9 Å². The monoisotopic (exact) mass is 428 g/mol. The van der Waals surface area contributed by atoms with Crippen LogP contribution in [0.4, 0.5) is 0 Å². The van der Waals surface area contributed by atoms with E-state index in [0.717, 1.165) is 4.90 Å². The van der Waals surface area contributed by atoms with Crippen LogP contribution in [0.15, 0.2) is 0 Å². The molecule has 30 heavy (non-hydrogen) atoms. The van der Waals surface area contributed by atoms with Gasteiger partial charge in [0, 0.05) is 44.5 Å². The minimum atomic E-state index is -0.511. The molecule has 0 aliphatic heterocycles. The quantitative estimate of drug-likeness (QED) is 0.269. The fourth-order valence-corrected chi connectivity index (χ4v) is 2.67. The second-order valence-electron chi connectivity index (χ2n) is 8.78. The van der Waals surface area contributed by atoms with Crippen molar-refractivity contribution in [2.45, 2.75) is 84.8 Å². The lowest BCUT2D eigenvalue weighted by Crippen LogP contribution is -2.46. The van der Waals surface area contributed by atoms with Crippen LogP contribution in [0.25, 0.3) is 0 Å². The first-order valence-electron chi connectivity index (χ1n) is 10.5. The number of carbonyl (C=O) groups excluding carboxylic acids is 4. The molecule has 1 unspecified atom stereocenters. The van der Waals surface area contributed by atoms with Gasteiger partial charge in [0.15, 0.2) is 0 Å². The van der Waals surface area contributed by atoms with E-state index in [1.807, 2.05) is 34.6 Å². The van der Waals surface area contributed by atoms with Crippen molar-refractivity contribution in [3.05, 3.63) is 0 Å². The van der Waals surface area contributed by atoms with Crippen LogP contribution < -0.4 is 16.2 Å². The van der Waals surface area contributed by atoms with E-state index in [1.165, 1.54) is 0 Å². The van der Waals surface area contributed by atoms with E-state index in [-0.39, 0.29) is 36.6 Å². The molecule has 0 aliphatic rings. The van der Waals surface area contributed by atoms with Crippen LogP contribution in [-0.4, -0.2) is 60.4 Å². The van der Waals surface area contributed by atoms with Gasteiger partial charge in [-0.25, -0.2) is 5.43 Å². The zero-order valence-corrected chi connectivity index (χ0v) is 19.6. The number of ether oxygens (including phenoxy) is 1. The molecule has 0 saturated heterocycles. The van der Waals surface area contributed by atoms with Crippen molar-refractivity contribution in [1.82, 2.24) is 21.1 Å². The van der Waals surface area contributed by atoms with E-state index >= 15 is 0 Å². The van der Waals surface area contributed by atoms with E-state index in [2.05, 4.69) is 16.2 Å². The topological polar surface area (TPSA) is 117 Å². The first-order chi connectivity index (χ1) is 13.9. The SMILES string of the molecule is CCC(C)C(=O)N(C=O)CCC(=O)NC(C)(C)CCOC(C)(C)CCC(=O)NNC. The van der Waals surface area contributed by atoms with Gasteiger partial charge < -0.3 is 10.1 Å². The Bertz CT molecular complexity index is 578. The predicted octanol–water partition coefficient (Wildman–Crippen LogP) is 1.52. The van der Waals surface area contributed by atoms with Crippen molar-refractivity contribution in [3.8, 4) is 0 Å². The maximum absolute atomic E-state index is 12.3. The summed E-state index contributed by atoms with van der Waals surface area (Å²) < 4.78 is 5.91. The Morgan fingerprint density at radius 1 is 1.07 bits per heavy atom. The lowest BCUT2D eigenvalue weighted by molar-refractivity contribution is -0.141. The Hall–Kier alpha value is -2.00. The number of hydrogen-bond acceptors (Lipinski definition) is 6. The normalized spacial score (nSPS) is 12.8. The van der Waals surface area contributed by atoms with E-state index in [9.17, 15) is 19.2 Å². The summed E-state index contributed by atoms with van der Waals surface area (Å²) in [6.07, 6.45) is 2.67. The van der Waals surface area contributed by atoms with Crippen LogP contribution in [-0.2, 0) is 23.9 Å². The van der Waals surface area contributed by atoms with Gasteiger partial charge in [0.25, 0.3) is 0 Å². The zero-order valence-electron chi connectivity index (χ0n) is 19.6. The Kier molecular flexibility index (Phi) is 12.4. The smallest absolute Gasteiger partial charge is 0.234 e. The summed E-state index contributed by atoms with van der Waals surface area (Å²) in [5.74, 6) is -0.845. The van der Waals surface area contributed by atoms with Crippen molar-refractivity contribution in [3.63, 3.8) is 0 Å². The van der Waals surface area contributed by atoms with E-state index < -0.39 is 11.1 Å². The number of carbonyl (C=O) groups is 4. The molecular weight excluding hydrogens is 388 g/mol. The third-order valence-electron chi connectivity index (χ3n) is 4.94. The van der Waals surface area contributed by atoms with Crippen LogP contribution in [0.3, 0.4) is 0 Å². The molecule has 0 fully saturated rings. The Balaban J connectivity index is 4.40. The van der Waals surface area contributed by atoms with Crippen LogP contribution in [0.2, 0.25) is 0 Å². The van der Waals surface area contributed by atoms with Gasteiger partial charge in [-0.15, -0.1) is 0 Å². The highest BCUT2D eigenvalue weighted by Crippen LogP contribution is 2.19. The second kappa shape index (κ2) is 13.3. The van der Waals surface area contributed by atoms with Crippen LogP contribution >= 0.6 is 0 Å². The molecule has 174 valence electrons. The number of hydrogen-bond donors (Lipinski definition) is 3. The minimum absolute atomic E-state index is 0.0528. The molecule has 9 heteroatoms. The molecule has 9 nitrogen and oxygen atoms in total. The standard InChI is InChI=1S/C21H40N4O5/c1-8-16(2)19(29)25(15-26)13-10-17(27)23-20(3,4)12-14-30-21(5,6)11-9-18(28)24-22-7/h15-16,22H,8-14H2,1-7H3,(H,23,27)(H,24,28).